The first kappa shape index (κ1) is 17.5. The van der Waals surface area contributed by atoms with Gasteiger partial charge in [0.25, 0.3) is 5.56 Å². The van der Waals surface area contributed by atoms with Crippen molar-refractivity contribution in [3.63, 3.8) is 0 Å². The van der Waals surface area contributed by atoms with Gasteiger partial charge in [-0.1, -0.05) is 23.2 Å². The van der Waals surface area contributed by atoms with Gasteiger partial charge in [0.05, 0.1) is 18.4 Å². The molecule has 0 bridgehead atoms. The SMILES string of the molecule is COc1ccc(F)c(-c2c(Cl)c(=O)n(C)n2-c2ccc(Cl)cc2)c1F. The van der Waals surface area contributed by atoms with Gasteiger partial charge < -0.3 is 4.74 Å². The first-order valence-corrected chi connectivity index (χ1v) is 7.88. The molecule has 1 aromatic heterocycles. The normalized spacial score (nSPS) is 11.0. The molecule has 0 fully saturated rings. The van der Waals surface area contributed by atoms with Crippen molar-refractivity contribution < 1.29 is 13.5 Å². The maximum atomic E-state index is 14.7. The molecule has 25 heavy (non-hydrogen) atoms. The molecule has 0 aliphatic carbocycles. The average Bonchev–Trinajstić information content (AvgIpc) is 2.81. The summed E-state index contributed by atoms with van der Waals surface area (Å²) >= 11 is 12.0. The molecule has 1 heterocycles. The molecule has 0 N–H and O–H groups in total. The van der Waals surface area contributed by atoms with E-state index in [1.54, 1.807) is 24.3 Å². The third-order valence-corrected chi connectivity index (χ3v) is 4.38. The van der Waals surface area contributed by atoms with Gasteiger partial charge in [-0.25, -0.2) is 18.1 Å². The maximum absolute atomic E-state index is 14.7. The number of methoxy groups -OCH3 is 1. The number of benzene rings is 2. The summed E-state index contributed by atoms with van der Waals surface area (Å²) < 4.78 is 36.6. The van der Waals surface area contributed by atoms with Gasteiger partial charge in [0, 0.05) is 12.1 Å². The highest BCUT2D eigenvalue weighted by molar-refractivity contribution is 6.33. The van der Waals surface area contributed by atoms with Gasteiger partial charge in [-0.15, -0.1) is 0 Å². The van der Waals surface area contributed by atoms with Gasteiger partial charge in [0.15, 0.2) is 11.6 Å². The molecule has 8 heteroatoms. The van der Waals surface area contributed by atoms with Crippen LogP contribution in [0.5, 0.6) is 5.75 Å². The second kappa shape index (κ2) is 6.54. The number of hydrogen-bond acceptors (Lipinski definition) is 2. The lowest BCUT2D eigenvalue weighted by Crippen LogP contribution is -2.18. The van der Waals surface area contributed by atoms with Crippen molar-refractivity contribution in [2.24, 2.45) is 7.05 Å². The van der Waals surface area contributed by atoms with Crippen LogP contribution >= 0.6 is 23.2 Å². The fourth-order valence-electron chi connectivity index (χ4n) is 2.59. The Balaban J connectivity index is 2.41. The van der Waals surface area contributed by atoms with Crippen LogP contribution in [0.25, 0.3) is 16.9 Å². The molecule has 3 rings (SSSR count). The van der Waals surface area contributed by atoms with Crippen LogP contribution in [-0.2, 0) is 7.05 Å². The van der Waals surface area contributed by atoms with Gasteiger partial charge in [0.2, 0.25) is 0 Å². The lowest BCUT2D eigenvalue weighted by atomic mass is 10.1. The molecular weight excluding hydrogens is 373 g/mol. The second-order valence-corrected chi connectivity index (χ2v) is 6.03. The molecule has 0 saturated carbocycles. The van der Waals surface area contributed by atoms with E-state index < -0.39 is 22.8 Å². The van der Waals surface area contributed by atoms with E-state index in [0.717, 1.165) is 12.1 Å². The number of ether oxygens (including phenoxy) is 1. The summed E-state index contributed by atoms with van der Waals surface area (Å²) in [6.07, 6.45) is 0. The Morgan fingerprint density at radius 1 is 1.04 bits per heavy atom. The first-order valence-electron chi connectivity index (χ1n) is 7.12. The molecule has 0 aliphatic heterocycles. The van der Waals surface area contributed by atoms with E-state index in [4.69, 9.17) is 27.9 Å². The minimum absolute atomic E-state index is 0.106. The van der Waals surface area contributed by atoms with Crippen LogP contribution in [0.2, 0.25) is 10.0 Å². The summed E-state index contributed by atoms with van der Waals surface area (Å²) in [6.45, 7) is 0. The molecule has 4 nitrogen and oxygen atoms in total. The molecule has 0 radical (unpaired) electrons. The number of halogens is 4. The van der Waals surface area contributed by atoms with Crippen LogP contribution in [0.1, 0.15) is 0 Å². The molecular formula is C17H12Cl2F2N2O2. The summed E-state index contributed by atoms with van der Waals surface area (Å²) in [7, 11) is 2.71. The third-order valence-electron chi connectivity index (χ3n) is 3.78. The monoisotopic (exact) mass is 384 g/mol. The highest BCUT2D eigenvalue weighted by atomic mass is 35.5. The molecule has 0 saturated heterocycles. The summed E-state index contributed by atoms with van der Waals surface area (Å²) in [5.74, 6) is -1.97. The van der Waals surface area contributed by atoms with E-state index in [1.165, 1.54) is 23.5 Å². The molecule has 3 aromatic rings. The fraction of sp³-hybridized carbons (Fsp3) is 0.118. The van der Waals surface area contributed by atoms with E-state index in [0.29, 0.717) is 10.7 Å². The standard InChI is InChI=1S/C17H12Cl2F2N2O2/c1-22-17(24)14(19)16(23(22)10-5-3-9(18)4-6-10)13-11(20)7-8-12(25-2)15(13)21/h3-8H,1-2H3. The van der Waals surface area contributed by atoms with Crippen molar-refractivity contribution >= 4 is 23.2 Å². The molecule has 0 aliphatic rings. The summed E-state index contributed by atoms with van der Waals surface area (Å²) in [4.78, 5) is 12.3. The van der Waals surface area contributed by atoms with Gasteiger partial charge in [-0.05, 0) is 36.4 Å². The molecule has 0 unspecified atom stereocenters. The number of nitrogens with zero attached hydrogens (tertiary/aromatic N) is 2. The van der Waals surface area contributed by atoms with Crippen molar-refractivity contribution in [1.82, 2.24) is 9.36 Å². The van der Waals surface area contributed by atoms with Crippen molar-refractivity contribution in [3.05, 3.63) is 68.4 Å². The predicted molar refractivity (Wildman–Crippen MR) is 92.9 cm³/mol. The van der Waals surface area contributed by atoms with E-state index in [9.17, 15) is 13.6 Å². The van der Waals surface area contributed by atoms with E-state index in [2.05, 4.69) is 0 Å². The topological polar surface area (TPSA) is 36.2 Å². The zero-order chi connectivity index (χ0) is 18.3. The second-order valence-electron chi connectivity index (χ2n) is 5.22. The molecule has 0 amide bonds. The average molecular weight is 385 g/mol. The third kappa shape index (κ3) is 2.81. The van der Waals surface area contributed by atoms with Crippen LogP contribution in [-0.4, -0.2) is 16.5 Å². The minimum Gasteiger partial charge on any atom is -0.494 e. The summed E-state index contributed by atoms with van der Waals surface area (Å²) in [5, 5.41) is 0.177. The summed E-state index contributed by atoms with van der Waals surface area (Å²) in [6, 6.07) is 8.62. The van der Waals surface area contributed by atoms with Crippen LogP contribution in [0.3, 0.4) is 0 Å². The van der Waals surface area contributed by atoms with Crippen LogP contribution in [0.4, 0.5) is 8.78 Å². The zero-order valence-electron chi connectivity index (χ0n) is 13.2. The quantitative estimate of drug-likeness (QED) is 0.669. The minimum atomic E-state index is -0.947. The Hall–Kier alpha value is -2.31. The lowest BCUT2D eigenvalue weighted by Gasteiger charge is -2.14. The Labute approximate surface area is 151 Å². The zero-order valence-corrected chi connectivity index (χ0v) is 14.7. The van der Waals surface area contributed by atoms with Crippen molar-refractivity contribution in [1.29, 1.82) is 0 Å². The van der Waals surface area contributed by atoms with Gasteiger partial charge in [-0.3, -0.25) is 4.79 Å². The van der Waals surface area contributed by atoms with Crippen molar-refractivity contribution in [3.8, 4) is 22.7 Å². The maximum Gasteiger partial charge on any atom is 0.286 e. The number of hydrogen-bond donors (Lipinski definition) is 0. The van der Waals surface area contributed by atoms with Crippen LogP contribution in [0, 0.1) is 11.6 Å². The molecule has 130 valence electrons. The van der Waals surface area contributed by atoms with Gasteiger partial charge in [-0.2, -0.15) is 0 Å². The number of rotatable bonds is 3. The van der Waals surface area contributed by atoms with Crippen LogP contribution in [0.15, 0.2) is 41.2 Å². The van der Waals surface area contributed by atoms with Gasteiger partial charge in [0.1, 0.15) is 16.5 Å². The Morgan fingerprint density at radius 2 is 1.68 bits per heavy atom. The Kier molecular flexibility index (Phi) is 4.58. The Morgan fingerprint density at radius 3 is 2.28 bits per heavy atom. The van der Waals surface area contributed by atoms with Crippen molar-refractivity contribution in [2.75, 3.05) is 7.11 Å². The highest BCUT2D eigenvalue weighted by Gasteiger charge is 2.26. The molecule has 0 spiro atoms. The molecule has 0 atom stereocenters. The van der Waals surface area contributed by atoms with E-state index in [1.807, 2.05) is 0 Å². The Bertz CT molecular complexity index is 1010. The van der Waals surface area contributed by atoms with E-state index >= 15 is 0 Å². The van der Waals surface area contributed by atoms with E-state index in [-0.39, 0.29) is 16.5 Å². The fourth-order valence-corrected chi connectivity index (χ4v) is 3.01. The largest absolute Gasteiger partial charge is 0.494 e. The number of aromatic nitrogens is 2. The molecule has 2 aromatic carbocycles. The smallest absolute Gasteiger partial charge is 0.286 e. The summed E-state index contributed by atoms with van der Waals surface area (Å²) in [5.41, 5.74) is -0.678. The van der Waals surface area contributed by atoms with Crippen LogP contribution < -0.4 is 10.3 Å². The predicted octanol–water partition coefficient (Wildman–Crippen LogP) is 4.44. The van der Waals surface area contributed by atoms with Crippen molar-refractivity contribution in [2.45, 2.75) is 0 Å². The highest BCUT2D eigenvalue weighted by Crippen LogP contribution is 2.36. The first-order chi connectivity index (χ1) is 11.9. The lowest BCUT2D eigenvalue weighted by molar-refractivity contribution is 0.385. The van der Waals surface area contributed by atoms with Gasteiger partial charge >= 0.3 is 0 Å².